The first-order valence-corrected chi connectivity index (χ1v) is 8.07. The van der Waals surface area contributed by atoms with Gasteiger partial charge in [-0.1, -0.05) is 37.3 Å². The average Bonchev–Trinajstić information content (AvgIpc) is 2.95. The van der Waals surface area contributed by atoms with Crippen LogP contribution in [-0.2, 0) is 6.42 Å². The number of nitrogens with one attached hydrogen (secondary N) is 1. The summed E-state index contributed by atoms with van der Waals surface area (Å²) in [4.78, 5) is 1.48. The Morgan fingerprint density at radius 1 is 1.11 bits per heavy atom. The predicted octanol–water partition coefficient (Wildman–Crippen LogP) is 4.52. The minimum absolute atomic E-state index is 0.548. The van der Waals surface area contributed by atoms with Gasteiger partial charge in [0, 0.05) is 17.5 Å². The number of hydrogen-bond donors (Lipinski definition) is 1. The van der Waals surface area contributed by atoms with E-state index in [1.54, 1.807) is 5.56 Å². The van der Waals surface area contributed by atoms with E-state index in [1.807, 2.05) is 11.3 Å². The van der Waals surface area contributed by atoms with Crippen molar-refractivity contribution in [3.8, 4) is 0 Å². The monoisotopic (exact) mass is 271 g/mol. The molecule has 0 aliphatic heterocycles. The fourth-order valence-electron chi connectivity index (χ4n) is 3.04. The van der Waals surface area contributed by atoms with Gasteiger partial charge in [-0.25, -0.2) is 0 Å². The number of thiophene rings is 1. The van der Waals surface area contributed by atoms with E-state index in [0.29, 0.717) is 12.0 Å². The molecule has 19 heavy (non-hydrogen) atoms. The minimum Gasteiger partial charge on any atom is -0.310 e. The maximum atomic E-state index is 3.74. The van der Waals surface area contributed by atoms with Crippen molar-refractivity contribution in [1.82, 2.24) is 5.32 Å². The van der Waals surface area contributed by atoms with Crippen LogP contribution in [0.4, 0.5) is 0 Å². The van der Waals surface area contributed by atoms with Gasteiger partial charge in [-0.05, 0) is 47.8 Å². The third-order valence-electron chi connectivity index (χ3n) is 4.13. The molecule has 0 amide bonds. The maximum absolute atomic E-state index is 3.74. The molecule has 0 radical (unpaired) electrons. The van der Waals surface area contributed by atoms with Crippen LogP contribution in [0.5, 0.6) is 0 Å². The fourth-order valence-corrected chi connectivity index (χ4v) is 3.75. The van der Waals surface area contributed by atoms with Gasteiger partial charge in [-0.3, -0.25) is 0 Å². The zero-order chi connectivity index (χ0) is 13.1. The molecule has 0 saturated heterocycles. The highest BCUT2D eigenvalue weighted by atomic mass is 32.1. The molecule has 1 N–H and O–H groups in total. The molecule has 2 heteroatoms. The zero-order valence-electron chi connectivity index (χ0n) is 11.4. The molecule has 1 aliphatic carbocycles. The lowest BCUT2D eigenvalue weighted by Gasteiger charge is -2.30. The second-order valence-corrected chi connectivity index (χ2v) is 6.48. The lowest BCUT2D eigenvalue weighted by molar-refractivity contribution is 0.435. The molecule has 2 atom stereocenters. The van der Waals surface area contributed by atoms with Gasteiger partial charge in [-0.2, -0.15) is 0 Å². The van der Waals surface area contributed by atoms with Crippen molar-refractivity contribution in [3.05, 3.63) is 57.8 Å². The number of fused-ring (bicyclic) bond motifs is 1. The van der Waals surface area contributed by atoms with Crippen LogP contribution in [0.1, 0.15) is 47.7 Å². The quantitative estimate of drug-likeness (QED) is 0.862. The van der Waals surface area contributed by atoms with E-state index in [0.717, 1.165) is 13.0 Å². The predicted molar refractivity (Wildman–Crippen MR) is 82.9 cm³/mol. The Balaban J connectivity index is 1.64. The SMILES string of the molecule is CC1CCC(NCCc2cccs2)c2ccccc21. The summed E-state index contributed by atoms with van der Waals surface area (Å²) in [6.45, 7) is 3.43. The zero-order valence-corrected chi connectivity index (χ0v) is 12.2. The first-order valence-electron chi connectivity index (χ1n) is 7.19. The fraction of sp³-hybridized carbons (Fsp3) is 0.412. The van der Waals surface area contributed by atoms with Gasteiger partial charge in [0.1, 0.15) is 0 Å². The summed E-state index contributed by atoms with van der Waals surface area (Å²) in [5, 5.41) is 5.90. The third-order valence-corrected chi connectivity index (χ3v) is 5.07. The van der Waals surface area contributed by atoms with Crippen LogP contribution in [0.2, 0.25) is 0 Å². The van der Waals surface area contributed by atoms with E-state index in [9.17, 15) is 0 Å². The van der Waals surface area contributed by atoms with Crippen molar-refractivity contribution in [2.24, 2.45) is 0 Å². The number of rotatable bonds is 4. The van der Waals surface area contributed by atoms with Crippen molar-refractivity contribution in [3.63, 3.8) is 0 Å². The van der Waals surface area contributed by atoms with E-state index in [-0.39, 0.29) is 0 Å². The molecule has 1 aromatic heterocycles. The van der Waals surface area contributed by atoms with Crippen molar-refractivity contribution < 1.29 is 0 Å². The smallest absolute Gasteiger partial charge is 0.0323 e. The van der Waals surface area contributed by atoms with Crippen LogP contribution in [0.15, 0.2) is 41.8 Å². The summed E-state index contributed by atoms with van der Waals surface area (Å²) < 4.78 is 0. The lowest BCUT2D eigenvalue weighted by atomic mass is 9.81. The van der Waals surface area contributed by atoms with Gasteiger partial charge in [0.25, 0.3) is 0 Å². The molecule has 0 spiro atoms. The van der Waals surface area contributed by atoms with Crippen LogP contribution in [0, 0.1) is 0 Å². The largest absolute Gasteiger partial charge is 0.310 e. The minimum atomic E-state index is 0.548. The van der Waals surface area contributed by atoms with E-state index >= 15 is 0 Å². The Hall–Kier alpha value is -1.12. The van der Waals surface area contributed by atoms with Crippen molar-refractivity contribution in [2.45, 2.75) is 38.1 Å². The summed E-state index contributed by atoms with van der Waals surface area (Å²) in [7, 11) is 0. The average molecular weight is 271 g/mol. The highest BCUT2D eigenvalue weighted by molar-refractivity contribution is 7.09. The molecule has 100 valence electrons. The van der Waals surface area contributed by atoms with E-state index in [1.165, 1.54) is 23.3 Å². The Morgan fingerprint density at radius 3 is 2.74 bits per heavy atom. The van der Waals surface area contributed by atoms with Crippen LogP contribution in [0.3, 0.4) is 0 Å². The van der Waals surface area contributed by atoms with Crippen LogP contribution in [-0.4, -0.2) is 6.54 Å². The van der Waals surface area contributed by atoms with Crippen LogP contribution >= 0.6 is 11.3 Å². The van der Waals surface area contributed by atoms with Gasteiger partial charge in [0.2, 0.25) is 0 Å². The first kappa shape index (κ1) is 12.9. The van der Waals surface area contributed by atoms with Crippen molar-refractivity contribution >= 4 is 11.3 Å². The van der Waals surface area contributed by atoms with E-state index < -0.39 is 0 Å². The highest BCUT2D eigenvalue weighted by Gasteiger charge is 2.23. The molecular formula is C17H21NS. The standard InChI is InChI=1S/C17H21NS/c1-13-8-9-17(16-7-3-2-6-15(13)16)18-11-10-14-5-4-12-19-14/h2-7,12-13,17-18H,8-11H2,1H3. The van der Waals surface area contributed by atoms with Crippen LogP contribution in [0.25, 0.3) is 0 Å². The molecule has 0 bridgehead atoms. The molecule has 2 unspecified atom stereocenters. The molecule has 0 saturated carbocycles. The van der Waals surface area contributed by atoms with Crippen molar-refractivity contribution in [2.75, 3.05) is 6.54 Å². The summed E-state index contributed by atoms with van der Waals surface area (Å²) >= 11 is 1.86. The molecule has 3 rings (SSSR count). The maximum Gasteiger partial charge on any atom is 0.0323 e. The molecule has 1 aliphatic rings. The van der Waals surface area contributed by atoms with E-state index in [4.69, 9.17) is 0 Å². The van der Waals surface area contributed by atoms with Gasteiger partial charge < -0.3 is 5.32 Å². The topological polar surface area (TPSA) is 12.0 Å². The Bertz CT molecular complexity index is 518. The lowest BCUT2D eigenvalue weighted by Crippen LogP contribution is -2.27. The molecule has 1 heterocycles. The molecule has 1 nitrogen and oxygen atoms in total. The molecule has 1 aromatic carbocycles. The normalized spacial score (nSPS) is 22.2. The number of benzene rings is 1. The van der Waals surface area contributed by atoms with Gasteiger partial charge in [0.05, 0.1) is 0 Å². The summed E-state index contributed by atoms with van der Waals surface area (Å²) in [5.41, 5.74) is 3.06. The molecular weight excluding hydrogens is 250 g/mol. The van der Waals surface area contributed by atoms with Gasteiger partial charge >= 0.3 is 0 Å². The third kappa shape index (κ3) is 2.90. The summed E-state index contributed by atoms with van der Waals surface area (Å²) in [6.07, 6.45) is 3.71. The van der Waals surface area contributed by atoms with Crippen LogP contribution < -0.4 is 5.32 Å². The first-order chi connectivity index (χ1) is 9.34. The second-order valence-electron chi connectivity index (χ2n) is 5.44. The highest BCUT2D eigenvalue weighted by Crippen LogP contribution is 2.36. The Kier molecular flexibility index (Phi) is 4.00. The summed E-state index contributed by atoms with van der Waals surface area (Å²) in [6, 6.07) is 13.8. The van der Waals surface area contributed by atoms with E-state index in [2.05, 4.69) is 54.0 Å². The Labute approximate surface area is 119 Å². The van der Waals surface area contributed by atoms with Gasteiger partial charge in [0.15, 0.2) is 0 Å². The molecule has 2 aromatic rings. The number of hydrogen-bond acceptors (Lipinski definition) is 2. The van der Waals surface area contributed by atoms with Crippen molar-refractivity contribution in [1.29, 1.82) is 0 Å². The Morgan fingerprint density at radius 2 is 1.95 bits per heavy atom. The van der Waals surface area contributed by atoms with Gasteiger partial charge in [-0.15, -0.1) is 11.3 Å². The second kappa shape index (κ2) is 5.89. The molecule has 0 fully saturated rings. The summed E-state index contributed by atoms with van der Waals surface area (Å²) in [5.74, 6) is 0.714.